The van der Waals surface area contributed by atoms with E-state index in [2.05, 4.69) is 10.1 Å². The Morgan fingerprint density at radius 2 is 1.90 bits per heavy atom. The van der Waals surface area contributed by atoms with Crippen LogP contribution >= 0.6 is 11.6 Å². The molecule has 0 saturated carbocycles. The molecule has 156 valence electrons. The molecule has 2 aromatic carbocycles. The summed E-state index contributed by atoms with van der Waals surface area (Å²) in [6.07, 6.45) is 0.0937. The quantitative estimate of drug-likeness (QED) is 0.663. The van der Waals surface area contributed by atoms with Gasteiger partial charge in [-0.05, 0) is 29.8 Å². The molecule has 0 saturated heterocycles. The molecule has 2 aromatic rings. The maximum Gasteiger partial charge on any atom is 0.387 e. The van der Waals surface area contributed by atoms with Crippen LogP contribution in [-0.4, -0.2) is 44.0 Å². The zero-order valence-corrected chi connectivity index (χ0v) is 16.7. The Kier molecular flexibility index (Phi) is 8.21. The monoisotopic (exact) mass is 426 g/mol. The number of ether oxygens (including phenoxy) is 2. The second-order valence-electron chi connectivity index (χ2n) is 6.10. The lowest BCUT2D eigenvalue weighted by molar-refractivity contribution is -0.130. The van der Waals surface area contributed by atoms with Crippen molar-refractivity contribution in [2.24, 2.45) is 0 Å². The summed E-state index contributed by atoms with van der Waals surface area (Å²) in [7, 11) is 2.95. The van der Waals surface area contributed by atoms with Gasteiger partial charge in [-0.25, -0.2) is 0 Å². The highest BCUT2D eigenvalue weighted by molar-refractivity contribution is 6.33. The third-order valence-electron chi connectivity index (χ3n) is 4.03. The maximum atomic E-state index is 12.4. The van der Waals surface area contributed by atoms with Crippen LogP contribution in [0.15, 0.2) is 42.5 Å². The van der Waals surface area contributed by atoms with Gasteiger partial charge in [0, 0.05) is 26.6 Å². The fourth-order valence-corrected chi connectivity index (χ4v) is 2.80. The Hall–Kier alpha value is -2.87. The van der Waals surface area contributed by atoms with Crippen LogP contribution in [0.4, 0.5) is 8.78 Å². The molecule has 0 aliphatic carbocycles. The summed E-state index contributed by atoms with van der Waals surface area (Å²) < 4.78 is 34.2. The van der Waals surface area contributed by atoms with Gasteiger partial charge in [-0.2, -0.15) is 8.78 Å². The second-order valence-corrected chi connectivity index (χ2v) is 6.51. The van der Waals surface area contributed by atoms with Gasteiger partial charge in [0.05, 0.1) is 17.7 Å². The third kappa shape index (κ3) is 6.60. The predicted molar refractivity (Wildman–Crippen MR) is 105 cm³/mol. The first-order chi connectivity index (χ1) is 13.8. The van der Waals surface area contributed by atoms with Crippen molar-refractivity contribution in [1.82, 2.24) is 10.2 Å². The third-order valence-corrected chi connectivity index (χ3v) is 4.36. The number of rotatable bonds is 9. The van der Waals surface area contributed by atoms with Gasteiger partial charge in [-0.1, -0.05) is 29.8 Å². The van der Waals surface area contributed by atoms with Crippen LogP contribution in [-0.2, 0) is 11.3 Å². The molecule has 0 fully saturated rings. The van der Waals surface area contributed by atoms with Gasteiger partial charge in [0.1, 0.15) is 0 Å². The smallest absolute Gasteiger partial charge is 0.387 e. The van der Waals surface area contributed by atoms with Gasteiger partial charge in [0.25, 0.3) is 5.91 Å². The van der Waals surface area contributed by atoms with E-state index in [1.807, 2.05) is 0 Å². The number of carbonyl (C=O) groups excluding carboxylic acids is 2. The lowest BCUT2D eigenvalue weighted by Crippen LogP contribution is -2.32. The predicted octanol–water partition coefficient (Wildman–Crippen LogP) is 3.73. The zero-order chi connectivity index (χ0) is 21.4. The Morgan fingerprint density at radius 3 is 2.55 bits per heavy atom. The highest BCUT2D eigenvalue weighted by Gasteiger charge is 2.15. The van der Waals surface area contributed by atoms with Gasteiger partial charge >= 0.3 is 6.61 Å². The Labute approximate surface area is 172 Å². The molecule has 2 amide bonds. The normalized spacial score (nSPS) is 10.6. The van der Waals surface area contributed by atoms with Crippen LogP contribution < -0.4 is 14.8 Å². The van der Waals surface area contributed by atoms with Crippen LogP contribution in [0.3, 0.4) is 0 Å². The molecule has 0 atom stereocenters. The SMILES string of the molecule is COc1cc(CN(C)C(=O)CCNC(=O)c2ccccc2Cl)ccc1OC(F)F. The molecule has 0 bridgehead atoms. The van der Waals surface area contributed by atoms with Gasteiger partial charge in [-0.15, -0.1) is 0 Å². The van der Waals surface area contributed by atoms with Gasteiger partial charge in [-0.3, -0.25) is 9.59 Å². The van der Waals surface area contributed by atoms with Crippen LogP contribution in [0.25, 0.3) is 0 Å². The molecular formula is C20H21ClF2N2O4. The Morgan fingerprint density at radius 1 is 1.17 bits per heavy atom. The number of benzene rings is 2. The average molecular weight is 427 g/mol. The summed E-state index contributed by atoms with van der Waals surface area (Å²) in [5.41, 5.74) is 1.02. The van der Waals surface area contributed by atoms with E-state index in [-0.39, 0.29) is 42.8 Å². The number of alkyl halides is 2. The Bertz CT molecular complexity index is 864. The summed E-state index contributed by atoms with van der Waals surface area (Å²) in [6.45, 7) is -2.57. The lowest BCUT2D eigenvalue weighted by Gasteiger charge is -2.19. The average Bonchev–Trinajstić information content (AvgIpc) is 2.68. The summed E-state index contributed by atoms with van der Waals surface area (Å²) in [4.78, 5) is 25.8. The first-order valence-corrected chi connectivity index (χ1v) is 9.08. The van der Waals surface area contributed by atoms with Crippen LogP contribution in [0.2, 0.25) is 5.02 Å². The number of carbonyl (C=O) groups is 2. The molecule has 6 nitrogen and oxygen atoms in total. The molecule has 0 heterocycles. The number of hydrogen-bond donors (Lipinski definition) is 1. The minimum Gasteiger partial charge on any atom is -0.493 e. The molecule has 0 aliphatic heterocycles. The van der Waals surface area contributed by atoms with Crippen molar-refractivity contribution in [1.29, 1.82) is 0 Å². The molecule has 29 heavy (non-hydrogen) atoms. The maximum absolute atomic E-state index is 12.4. The van der Waals surface area contributed by atoms with Crippen molar-refractivity contribution in [2.75, 3.05) is 20.7 Å². The van der Waals surface area contributed by atoms with Crippen molar-refractivity contribution in [2.45, 2.75) is 19.6 Å². The van der Waals surface area contributed by atoms with E-state index in [0.717, 1.165) is 0 Å². The van der Waals surface area contributed by atoms with Crippen LogP contribution in [0, 0.1) is 0 Å². The first-order valence-electron chi connectivity index (χ1n) is 8.70. The van der Waals surface area contributed by atoms with Crippen molar-refractivity contribution in [3.8, 4) is 11.5 Å². The summed E-state index contributed by atoms with van der Waals surface area (Å²) >= 11 is 5.97. The number of halogens is 3. The van der Waals surface area contributed by atoms with E-state index in [0.29, 0.717) is 16.1 Å². The molecule has 2 rings (SSSR count). The minimum absolute atomic E-state index is 0.0810. The summed E-state index contributed by atoms with van der Waals surface area (Å²) in [5, 5.41) is 2.99. The molecule has 0 radical (unpaired) electrons. The van der Waals surface area contributed by atoms with Gasteiger partial charge < -0.3 is 19.7 Å². The van der Waals surface area contributed by atoms with E-state index in [4.69, 9.17) is 16.3 Å². The number of hydrogen-bond acceptors (Lipinski definition) is 4. The van der Waals surface area contributed by atoms with Gasteiger partial charge in [0.2, 0.25) is 5.91 Å². The fourth-order valence-electron chi connectivity index (χ4n) is 2.58. The number of nitrogens with one attached hydrogen (secondary N) is 1. The molecule has 0 spiro atoms. The van der Waals surface area contributed by atoms with Crippen molar-refractivity contribution >= 4 is 23.4 Å². The van der Waals surface area contributed by atoms with Crippen LogP contribution in [0.5, 0.6) is 11.5 Å². The fraction of sp³-hybridized carbons (Fsp3) is 0.300. The van der Waals surface area contributed by atoms with E-state index < -0.39 is 6.61 Å². The van der Waals surface area contributed by atoms with Crippen molar-refractivity contribution < 1.29 is 27.8 Å². The number of nitrogens with zero attached hydrogens (tertiary/aromatic N) is 1. The largest absolute Gasteiger partial charge is 0.493 e. The molecule has 0 aromatic heterocycles. The van der Waals surface area contributed by atoms with E-state index in [1.54, 1.807) is 37.4 Å². The van der Waals surface area contributed by atoms with E-state index >= 15 is 0 Å². The highest BCUT2D eigenvalue weighted by Crippen LogP contribution is 2.29. The molecule has 0 unspecified atom stereocenters. The number of methoxy groups -OCH3 is 1. The topological polar surface area (TPSA) is 67.9 Å². The Balaban J connectivity index is 1.87. The van der Waals surface area contributed by atoms with E-state index in [9.17, 15) is 18.4 Å². The molecular weight excluding hydrogens is 406 g/mol. The summed E-state index contributed by atoms with van der Waals surface area (Å²) in [5.74, 6) is -0.486. The zero-order valence-electron chi connectivity index (χ0n) is 16.0. The molecule has 9 heteroatoms. The lowest BCUT2D eigenvalue weighted by atomic mass is 10.2. The molecule has 0 aliphatic rings. The number of amides is 2. The second kappa shape index (κ2) is 10.6. The van der Waals surface area contributed by atoms with Crippen molar-refractivity contribution in [3.05, 3.63) is 58.6 Å². The minimum atomic E-state index is -2.96. The van der Waals surface area contributed by atoms with Gasteiger partial charge in [0.15, 0.2) is 11.5 Å². The van der Waals surface area contributed by atoms with Crippen LogP contribution in [0.1, 0.15) is 22.3 Å². The van der Waals surface area contributed by atoms with Crippen molar-refractivity contribution in [3.63, 3.8) is 0 Å². The molecule has 1 N–H and O–H groups in total. The van der Waals surface area contributed by atoms with E-state index in [1.165, 1.54) is 24.1 Å². The summed E-state index contributed by atoms with van der Waals surface area (Å²) in [6, 6.07) is 11.1. The standard InChI is InChI=1S/C20H21ClF2N2O4/c1-25(12-13-7-8-16(29-20(22)23)17(11-13)28-2)18(26)9-10-24-19(27)14-5-3-4-6-15(14)21/h3-8,11,20H,9-10,12H2,1-2H3,(H,24,27). The highest BCUT2D eigenvalue weighted by atomic mass is 35.5. The first kappa shape index (κ1) is 22.4.